The number of hydrogen-bond donors (Lipinski definition) is 0. The summed E-state index contributed by atoms with van der Waals surface area (Å²) in [6.07, 6.45) is 0.612. The molecule has 0 atom stereocenters. The van der Waals surface area contributed by atoms with E-state index in [4.69, 9.17) is 16.3 Å². The largest absolute Gasteiger partial charge is 0.430 e. The standard InChI is InChI=1S/C12H9BrClN3O3/c1-2-10-15-9(13)6-11(16-10)20-12-7(14)4-3-5-8(12)17(18)19/h3-6H,2H2,1H3. The Hall–Kier alpha value is -1.73. The van der Waals surface area contributed by atoms with E-state index in [2.05, 4.69) is 25.9 Å². The molecule has 104 valence electrons. The molecule has 2 rings (SSSR count). The highest BCUT2D eigenvalue weighted by Gasteiger charge is 2.19. The van der Waals surface area contributed by atoms with Crippen LogP contribution < -0.4 is 4.74 Å². The van der Waals surface area contributed by atoms with Crippen molar-refractivity contribution in [3.8, 4) is 11.6 Å². The molecule has 6 nitrogen and oxygen atoms in total. The molecule has 0 saturated heterocycles. The molecule has 0 radical (unpaired) electrons. The summed E-state index contributed by atoms with van der Waals surface area (Å²) in [7, 11) is 0. The molecule has 0 aliphatic rings. The van der Waals surface area contributed by atoms with Crippen LogP contribution in [0.2, 0.25) is 5.02 Å². The van der Waals surface area contributed by atoms with Crippen LogP contribution in [0, 0.1) is 10.1 Å². The number of nitro benzene ring substituents is 1. The van der Waals surface area contributed by atoms with E-state index >= 15 is 0 Å². The van der Waals surface area contributed by atoms with Gasteiger partial charge in [0.25, 0.3) is 0 Å². The SMILES string of the molecule is CCc1nc(Br)cc(Oc2c(Cl)cccc2[N+](=O)[O-])n1. The molecular weight excluding hydrogens is 350 g/mol. The van der Waals surface area contributed by atoms with Gasteiger partial charge in [-0.05, 0) is 22.0 Å². The Morgan fingerprint density at radius 2 is 2.20 bits per heavy atom. The Bertz CT molecular complexity index is 666. The maximum atomic E-state index is 11.0. The summed E-state index contributed by atoms with van der Waals surface area (Å²) in [4.78, 5) is 18.7. The summed E-state index contributed by atoms with van der Waals surface area (Å²) in [6, 6.07) is 5.84. The van der Waals surface area contributed by atoms with Gasteiger partial charge in [0.15, 0.2) is 0 Å². The third-order valence-corrected chi connectivity index (χ3v) is 3.09. The number of para-hydroxylation sites is 1. The quantitative estimate of drug-likeness (QED) is 0.466. The molecule has 1 aromatic heterocycles. The summed E-state index contributed by atoms with van der Waals surface area (Å²) in [6.45, 7) is 1.89. The average molecular weight is 359 g/mol. The van der Waals surface area contributed by atoms with E-state index < -0.39 is 4.92 Å². The van der Waals surface area contributed by atoms with Crippen LogP contribution >= 0.6 is 27.5 Å². The predicted molar refractivity (Wildman–Crippen MR) is 77.3 cm³/mol. The van der Waals surface area contributed by atoms with Gasteiger partial charge in [0.1, 0.15) is 10.4 Å². The first kappa shape index (κ1) is 14.7. The number of nitro groups is 1. The van der Waals surface area contributed by atoms with Gasteiger partial charge in [0.05, 0.1) is 9.95 Å². The molecule has 1 heterocycles. The third-order valence-electron chi connectivity index (χ3n) is 2.38. The Kier molecular flexibility index (Phi) is 4.51. The van der Waals surface area contributed by atoms with Crippen LogP contribution in [-0.2, 0) is 6.42 Å². The van der Waals surface area contributed by atoms with Crippen molar-refractivity contribution < 1.29 is 9.66 Å². The molecule has 2 aromatic rings. The van der Waals surface area contributed by atoms with Gasteiger partial charge in [-0.15, -0.1) is 0 Å². The highest BCUT2D eigenvalue weighted by molar-refractivity contribution is 9.10. The van der Waals surface area contributed by atoms with Crippen LogP contribution in [0.25, 0.3) is 0 Å². The lowest BCUT2D eigenvalue weighted by molar-refractivity contribution is -0.385. The summed E-state index contributed by atoms with van der Waals surface area (Å²) in [5.74, 6) is 0.718. The fourth-order valence-electron chi connectivity index (χ4n) is 1.50. The van der Waals surface area contributed by atoms with Crippen LogP contribution in [0.4, 0.5) is 5.69 Å². The second kappa shape index (κ2) is 6.15. The monoisotopic (exact) mass is 357 g/mol. The van der Waals surface area contributed by atoms with Crippen LogP contribution in [0.5, 0.6) is 11.6 Å². The Balaban J connectivity index is 2.44. The van der Waals surface area contributed by atoms with Crippen molar-refractivity contribution in [1.82, 2.24) is 9.97 Å². The number of ether oxygens (including phenoxy) is 1. The van der Waals surface area contributed by atoms with Crippen molar-refractivity contribution in [2.24, 2.45) is 0 Å². The van der Waals surface area contributed by atoms with Crippen molar-refractivity contribution in [3.05, 3.63) is 49.8 Å². The molecule has 0 aliphatic heterocycles. The molecule has 0 amide bonds. The van der Waals surface area contributed by atoms with Crippen molar-refractivity contribution in [1.29, 1.82) is 0 Å². The minimum Gasteiger partial charge on any atom is -0.430 e. The number of rotatable bonds is 4. The second-order valence-electron chi connectivity index (χ2n) is 3.75. The van der Waals surface area contributed by atoms with E-state index in [-0.39, 0.29) is 22.3 Å². The molecule has 0 unspecified atom stereocenters. The van der Waals surface area contributed by atoms with Crippen molar-refractivity contribution in [2.45, 2.75) is 13.3 Å². The fraction of sp³-hybridized carbons (Fsp3) is 0.167. The maximum Gasteiger partial charge on any atom is 0.313 e. The number of hydrogen-bond acceptors (Lipinski definition) is 5. The molecule has 0 bridgehead atoms. The maximum absolute atomic E-state index is 11.0. The van der Waals surface area contributed by atoms with Gasteiger partial charge >= 0.3 is 5.69 Å². The number of aryl methyl sites for hydroxylation is 1. The normalized spacial score (nSPS) is 10.3. The van der Waals surface area contributed by atoms with E-state index in [1.165, 1.54) is 24.3 Å². The third kappa shape index (κ3) is 3.23. The molecule has 8 heteroatoms. The molecule has 0 spiro atoms. The first-order valence-corrected chi connectivity index (χ1v) is 6.82. The molecule has 1 aromatic carbocycles. The molecule has 0 fully saturated rings. The minimum atomic E-state index is -0.557. The Morgan fingerprint density at radius 1 is 1.45 bits per heavy atom. The number of benzene rings is 1. The van der Waals surface area contributed by atoms with Crippen molar-refractivity contribution in [3.63, 3.8) is 0 Å². The van der Waals surface area contributed by atoms with Crippen LogP contribution in [0.1, 0.15) is 12.7 Å². The van der Waals surface area contributed by atoms with Gasteiger partial charge in [0, 0.05) is 18.6 Å². The first-order valence-electron chi connectivity index (χ1n) is 5.65. The average Bonchev–Trinajstić information content (AvgIpc) is 2.40. The molecular formula is C12H9BrClN3O3. The number of aromatic nitrogens is 2. The van der Waals surface area contributed by atoms with Gasteiger partial charge < -0.3 is 4.74 Å². The summed E-state index contributed by atoms with van der Waals surface area (Å²) >= 11 is 9.19. The Morgan fingerprint density at radius 3 is 2.85 bits per heavy atom. The summed E-state index contributed by atoms with van der Waals surface area (Å²) < 4.78 is 6.01. The lowest BCUT2D eigenvalue weighted by atomic mass is 10.3. The lowest BCUT2D eigenvalue weighted by Gasteiger charge is -2.08. The number of nitrogens with zero attached hydrogens (tertiary/aromatic N) is 3. The lowest BCUT2D eigenvalue weighted by Crippen LogP contribution is -1.99. The van der Waals surface area contributed by atoms with Gasteiger partial charge in [-0.3, -0.25) is 10.1 Å². The second-order valence-corrected chi connectivity index (χ2v) is 4.97. The molecule has 0 N–H and O–H groups in total. The van der Waals surface area contributed by atoms with E-state index in [0.29, 0.717) is 16.8 Å². The van der Waals surface area contributed by atoms with Crippen LogP contribution in [0.3, 0.4) is 0 Å². The fourth-order valence-corrected chi connectivity index (χ4v) is 2.11. The van der Waals surface area contributed by atoms with Gasteiger partial charge in [-0.1, -0.05) is 24.6 Å². The molecule has 20 heavy (non-hydrogen) atoms. The van der Waals surface area contributed by atoms with Gasteiger partial charge in [-0.2, -0.15) is 4.98 Å². The topological polar surface area (TPSA) is 78.2 Å². The van der Waals surface area contributed by atoms with E-state index in [0.717, 1.165) is 0 Å². The van der Waals surface area contributed by atoms with Gasteiger partial charge in [-0.25, -0.2) is 4.98 Å². The molecule has 0 saturated carbocycles. The van der Waals surface area contributed by atoms with E-state index in [9.17, 15) is 10.1 Å². The van der Waals surface area contributed by atoms with Crippen molar-refractivity contribution in [2.75, 3.05) is 0 Å². The summed E-state index contributed by atoms with van der Waals surface area (Å²) in [5, 5.41) is 11.1. The van der Waals surface area contributed by atoms with Crippen LogP contribution in [-0.4, -0.2) is 14.9 Å². The zero-order valence-corrected chi connectivity index (χ0v) is 12.7. The highest BCUT2D eigenvalue weighted by Crippen LogP contribution is 2.37. The van der Waals surface area contributed by atoms with Crippen molar-refractivity contribution >= 4 is 33.2 Å². The predicted octanol–water partition coefficient (Wildman–Crippen LogP) is 4.16. The first-order chi connectivity index (χ1) is 9.51. The van der Waals surface area contributed by atoms with Gasteiger partial charge in [0.2, 0.25) is 11.6 Å². The number of halogens is 2. The van der Waals surface area contributed by atoms with E-state index in [1.54, 1.807) is 0 Å². The highest BCUT2D eigenvalue weighted by atomic mass is 79.9. The minimum absolute atomic E-state index is 0.0354. The molecule has 0 aliphatic carbocycles. The Labute approximate surface area is 128 Å². The van der Waals surface area contributed by atoms with Crippen LogP contribution in [0.15, 0.2) is 28.9 Å². The zero-order valence-electron chi connectivity index (χ0n) is 10.3. The smallest absolute Gasteiger partial charge is 0.313 e. The summed E-state index contributed by atoms with van der Waals surface area (Å²) in [5.41, 5.74) is -0.217. The van der Waals surface area contributed by atoms with E-state index in [1.807, 2.05) is 6.92 Å². The zero-order chi connectivity index (χ0) is 14.7.